The van der Waals surface area contributed by atoms with E-state index in [0.717, 1.165) is 6.07 Å². The van der Waals surface area contributed by atoms with E-state index in [-0.39, 0.29) is 27.5 Å². The number of nitrogens with zero attached hydrogens (tertiary/aromatic N) is 2. The fourth-order valence-electron chi connectivity index (χ4n) is 2.20. The summed E-state index contributed by atoms with van der Waals surface area (Å²) in [4.78, 5) is -0.892. The van der Waals surface area contributed by atoms with E-state index in [1.165, 1.54) is 6.07 Å². The molecule has 130 valence electrons. The number of hydrogen-bond donors (Lipinski definition) is 0. The molecule has 0 bridgehead atoms. The molecule has 0 unspecified atom stereocenters. The zero-order valence-corrected chi connectivity index (χ0v) is 15.4. The first-order valence-corrected chi connectivity index (χ1v) is 11.0. The number of rotatable bonds is 8. The molecule has 8 heteroatoms. The summed E-state index contributed by atoms with van der Waals surface area (Å²) in [5.74, 6) is -0.458. The second-order valence-electron chi connectivity index (χ2n) is 5.38. The molecule has 24 heavy (non-hydrogen) atoms. The average molecular weight is 368 g/mol. The van der Waals surface area contributed by atoms with Gasteiger partial charge in [-0.3, -0.25) is 0 Å². The monoisotopic (exact) mass is 368 g/mol. The van der Waals surface area contributed by atoms with Gasteiger partial charge in [0.1, 0.15) is 17.0 Å². The van der Waals surface area contributed by atoms with E-state index < -0.39 is 24.6 Å². The van der Waals surface area contributed by atoms with Crippen molar-refractivity contribution in [2.75, 3.05) is 11.5 Å². The quantitative estimate of drug-likeness (QED) is 0.696. The third-order valence-electron chi connectivity index (χ3n) is 3.53. The van der Waals surface area contributed by atoms with Crippen LogP contribution in [-0.4, -0.2) is 28.3 Å². The molecule has 0 fully saturated rings. The van der Waals surface area contributed by atoms with Gasteiger partial charge in [-0.05, 0) is 25.0 Å². The SMILES string of the molecule is CCCCS(=O)(=O)c1ccc(C#N)c(C#N)c1S(=O)(=O)CCCC. The van der Waals surface area contributed by atoms with Crippen molar-refractivity contribution < 1.29 is 16.8 Å². The van der Waals surface area contributed by atoms with Crippen molar-refractivity contribution in [3.63, 3.8) is 0 Å². The van der Waals surface area contributed by atoms with Crippen LogP contribution in [0.4, 0.5) is 0 Å². The lowest BCUT2D eigenvalue weighted by atomic mass is 10.1. The standard InChI is InChI=1S/C16H20N2O4S2/c1-3-5-9-23(19,20)15-8-7-13(11-17)14(12-18)16(15)24(21,22)10-6-4-2/h7-8H,3-6,9-10H2,1-2H3. The maximum absolute atomic E-state index is 12.7. The van der Waals surface area contributed by atoms with Crippen LogP contribution in [0.5, 0.6) is 0 Å². The van der Waals surface area contributed by atoms with Crippen LogP contribution in [0.15, 0.2) is 21.9 Å². The minimum Gasteiger partial charge on any atom is -0.224 e. The van der Waals surface area contributed by atoms with Gasteiger partial charge in [-0.2, -0.15) is 10.5 Å². The number of unbranched alkanes of at least 4 members (excludes halogenated alkanes) is 2. The molecule has 1 aromatic rings. The molecule has 1 aromatic carbocycles. The highest BCUT2D eigenvalue weighted by Crippen LogP contribution is 2.30. The predicted octanol–water partition coefficient (Wildman–Crippen LogP) is 2.58. The number of sulfone groups is 2. The Kier molecular flexibility index (Phi) is 6.94. The van der Waals surface area contributed by atoms with Gasteiger partial charge in [0.05, 0.1) is 27.5 Å². The lowest BCUT2D eigenvalue weighted by molar-refractivity contribution is 0.579. The maximum atomic E-state index is 12.7. The highest BCUT2D eigenvalue weighted by molar-refractivity contribution is 7.94. The molecule has 0 aliphatic carbocycles. The van der Waals surface area contributed by atoms with Crippen LogP contribution in [0, 0.1) is 22.7 Å². The van der Waals surface area contributed by atoms with Crippen LogP contribution in [0.25, 0.3) is 0 Å². The van der Waals surface area contributed by atoms with Crippen LogP contribution in [0.2, 0.25) is 0 Å². The Morgan fingerprint density at radius 2 is 1.42 bits per heavy atom. The fraction of sp³-hybridized carbons (Fsp3) is 0.500. The van der Waals surface area contributed by atoms with Crippen molar-refractivity contribution in [2.24, 2.45) is 0 Å². The second kappa shape index (κ2) is 8.27. The van der Waals surface area contributed by atoms with Gasteiger partial charge >= 0.3 is 0 Å². The van der Waals surface area contributed by atoms with Crippen molar-refractivity contribution in [3.05, 3.63) is 23.3 Å². The molecular weight excluding hydrogens is 348 g/mol. The molecule has 0 N–H and O–H groups in total. The first-order valence-electron chi connectivity index (χ1n) is 7.67. The van der Waals surface area contributed by atoms with E-state index in [1.807, 2.05) is 13.8 Å². The normalized spacial score (nSPS) is 11.7. The minimum absolute atomic E-state index is 0.137. The third kappa shape index (κ3) is 4.34. The third-order valence-corrected chi connectivity index (χ3v) is 7.37. The Morgan fingerprint density at radius 1 is 0.875 bits per heavy atom. The molecule has 0 saturated carbocycles. The first kappa shape index (κ1) is 20.1. The Morgan fingerprint density at radius 3 is 1.88 bits per heavy atom. The second-order valence-corrected chi connectivity index (χ2v) is 9.51. The van der Waals surface area contributed by atoms with Crippen molar-refractivity contribution in [3.8, 4) is 12.1 Å². The lowest BCUT2D eigenvalue weighted by Crippen LogP contribution is -2.17. The van der Waals surface area contributed by atoms with E-state index in [2.05, 4.69) is 0 Å². The summed E-state index contributed by atoms with van der Waals surface area (Å²) in [5.41, 5.74) is -0.520. The van der Waals surface area contributed by atoms with E-state index in [9.17, 15) is 22.1 Å². The van der Waals surface area contributed by atoms with Gasteiger partial charge in [0.2, 0.25) is 0 Å². The van der Waals surface area contributed by atoms with Crippen LogP contribution < -0.4 is 0 Å². The first-order chi connectivity index (χ1) is 11.2. The molecule has 0 spiro atoms. The van der Waals surface area contributed by atoms with Gasteiger partial charge < -0.3 is 0 Å². The molecule has 0 heterocycles. The molecule has 0 aromatic heterocycles. The van der Waals surface area contributed by atoms with Gasteiger partial charge in [0.25, 0.3) is 0 Å². The molecular formula is C16H20N2O4S2. The van der Waals surface area contributed by atoms with Crippen LogP contribution in [0.3, 0.4) is 0 Å². The zero-order chi connectivity index (χ0) is 18.4. The highest BCUT2D eigenvalue weighted by Gasteiger charge is 2.30. The molecule has 0 aliphatic heterocycles. The smallest absolute Gasteiger partial charge is 0.181 e. The van der Waals surface area contributed by atoms with E-state index in [1.54, 1.807) is 12.1 Å². The predicted molar refractivity (Wildman–Crippen MR) is 89.8 cm³/mol. The molecule has 0 atom stereocenters. The molecule has 6 nitrogen and oxygen atoms in total. The fourth-order valence-corrected chi connectivity index (χ4v) is 6.23. The van der Waals surface area contributed by atoms with Crippen LogP contribution in [-0.2, 0) is 19.7 Å². The summed E-state index contributed by atoms with van der Waals surface area (Å²) >= 11 is 0. The summed E-state index contributed by atoms with van der Waals surface area (Å²) in [6, 6.07) is 5.77. The van der Waals surface area contributed by atoms with Crippen molar-refractivity contribution >= 4 is 19.7 Å². The van der Waals surface area contributed by atoms with Gasteiger partial charge in [0.15, 0.2) is 19.7 Å². The van der Waals surface area contributed by atoms with E-state index >= 15 is 0 Å². The summed E-state index contributed by atoms with van der Waals surface area (Å²) in [6.45, 7) is 3.64. The Hall–Kier alpha value is -1.90. The summed E-state index contributed by atoms with van der Waals surface area (Å²) in [7, 11) is -7.85. The average Bonchev–Trinajstić information content (AvgIpc) is 2.56. The molecule has 0 aliphatic rings. The van der Waals surface area contributed by atoms with E-state index in [0.29, 0.717) is 25.7 Å². The summed E-state index contributed by atoms with van der Waals surface area (Å²) < 4.78 is 50.4. The largest absolute Gasteiger partial charge is 0.224 e. The van der Waals surface area contributed by atoms with Gasteiger partial charge in [0, 0.05) is 0 Å². The molecule has 1 rings (SSSR count). The van der Waals surface area contributed by atoms with Crippen LogP contribution >= 0.6 is 0 Å². The lowest BCUT2D eigenvalue weighted by Gasteiger charge is -2.13. The van der Waals surface area contributed by atoms with Crippen molar-refractivity contribution in [1.82, 2.24) is 0 Å². The summed E-state index contributed by atoms with van der Waals surface area (Å²) in [6.07, 6.45) is 1.98. The molecule has 0 saturated heterocycles. The Labute approximate surface area is 143 Å². The topological polar surface area (TPSA) is 116 Å². The zero-order valence-electron chi connectivity index (χ0n) is 13.7. The maximum Gasteiger partial charge on any atom is 0.181 e. The van der Waals surface area contributed by atoms with Gasteiger partial charge in [-0.15, -0.1) is 0 Å². The van der Waals surface area contributed by atoms with Gasteiger partial charge in [-0.1, -0.05) is 26.7 Å². The van der Waals surface area contributed by atoms with Crippen molar-refractivity contribution in [2.45, 2.75) is 49.3 Å². The van der Waals surface area contributed by atoms with Crippen LogP contribution in [0.1, 0.15) is 50.7 Å². The van der Waals surface area contributed by atoms with E-state index in [4.69, 9.17) is 5.26 Å². The Bertz CT molecular complexity index is 889. The summed E-state index contributed by atoms with van der Waals surface area (Å²) in [5, 5.41) is 18.4. The number of nitriles is 2. The Balaban J connectivity index is 3.75. The van der Waals surface area contributed by atoms with Gasteiger partial charge in [-0.25, -0.2) is 16.8 Å². The molecule has 0 amide bonds. The highest BCUT2D eigenvalue weighted by atomic mass is 32.2. The number of benzene rings is 1. The minimum atomic E-state index is -3.99. The van der Waals surface area contributed by atoms with Crippen molar-refractivity contribution in [1.29, 1.82) is 10.5 Å². The molecule has 0 radical (unpaired) electrons. The number of hydrogen-bond acceptors (Lipinski definition) is 6.